The van der Waals surface area contributed by atoms with E-state index in [1.54, 1.807) is 0 Å². The zero-order chi connectivity index (χ0) is 12.7. The van der Waals surface area contributed by atoms with E-state index in [2.05, 4.69) is 11.6 Å². The van der Waals surface area contributed by atoms with E-state index in [1.165, 1.54) is 25.7 Å². The number of hydrogen-bond donors (Lipinski definition) is 1. The average molecular weight is 259 g/mol. The van der Waals surface area contributed by atoms with E-state index in [9.17, 15) is 4.79 Å². The van der Waals surface area contributed by atoms with Gasteiger partial charge in [-0.3, -0.25) is 4.79 Å². The van der Waals surface area contributed by atoms with Crippen LogP contribution in [0.25, 0.3) is 0 Å². The lowest BCUT2D eigenvalue weighted by Crippen LogP contribution is -2.39. The second kappa shape index (κ2) is 7.98. The molecule has 0 spiro atoms. The molecular weight excluding hydrogens is 234 g/mol. The maximum Gasteiger partial charge on any atom is 0.309 e. The summed E-state index contributed by atoms with van der Waals surface area (Å²) in [5.41, 5.74) is 0. The van der Waals surface area contributed by atoms with Crippen molar-refractivity contribution in [1.82, 2.24) is 5.32 Å². The van der Waals surface area contributed by atoms with E-state index in [0.29, 0.717) is 12.6 Å². The molecule has 1 rings (SSSR count). The van der Waals surface area contributed by atoms with Crippen molar-refractivity contribution in [3.63, 3.8) is 0 Å². The number of esters is 1. The molecule has 0 aromatic carbocycles. The molecule has 0 aromatic heterocycles. The van der Waals surface area contributed by atoms with Gasteiger partial charge in [-0.1, -0.05) is 13.3 Å². The summed E-state index contributed by atoms with van der Waals surface area (Å²) in [6.45, 7) is 4.99. The van der Waals surface area contributed by atoms with E-state index < -0.39 is 0 Å². The van der Waals surface area contributed by atoms with Crippen LogP contribution >= 0.6 is 11.8 Å². The lowest BCUT2D eigenvalue weighted by Gasteiger charge is -2.29. The molecule has 0 bridgehead atoms. The normalized spacial score (nSPS) is 26.5. The molecule has 1 aliphatic rings. The molecule has 1 saturated carbocycles. The minimum atomic E-state index is -0.0859. The van der Waals surface area contributed by atoms with Crippen LogP contribution < -0.4 is 5.32 Å². The molecule has 17 heavy (non-hydrogen) atoms. The monoisotopic (exact) mass is 259 g/mol. The van der Waals surface area contributed by atoms with Gasteiger partial charge in [-0.2, -0.15) is 11.8 Å². The molecule has 0 radical (unpaired) electrons. The van der Waals surface area contributed by atoms with E-state index in [0.717, 1.165) is 11.8 Å². The molecule has 4 heteroatoms. The van der Waals surface area contributed by atoms with E-state index >= 15 is 0 Å². The Hall–Kier alpha value is -0.220. The van der Waals surface area contributed by atoms with Crippen LogP contribution in [0.5, 0.6) is 0 Å². The molecule has 0 saturated heterocycles. The van der Waals surface area contributed by atoms with Crippen LogP contribution in [0, 0.1) is 5.92 Å². The standard InChI is InChI=1S/C13H25NO2S/c1-4-16-13(15)10(2)9-14-11-6-5-7-12(8-11)17-3/h10-12,14H,4-9H2,1-3H3. The maximum atomic E-state index is 11.5. The average Bonchev–Trinajstić information content (AvgIpc) is 2.36. The van der Waals surface area contributed by atoms with Crippen molar-refractivity contribution < 1.29 is 9.53 Å². The second-order valence-electron chi connectivity index (χ2n) is 4.78. The van der Waals surface area contributed by atoms with Gasteiger partial charge in [0, 0.05) is 17.8 Å². The van der Waals surface area contributed by atoms with Crippen LogP contribution in [0.3, 0.4) is 0 Å². The van der Waals surface area contributed by atoms with E-state index in [1.807, 2.05) is 25.6 Å². The van der Waals surface area contributed by atoms with Crippen molar-refractivity contribution in [2.45, 2.75) is 50.8 Å². The van der Waals surface area contributed by atoms with Crippen molar-refractivity contribution >= 4 is 17.7 Å². The van der Waals surface area contributed by atoms with Crippen molar-refractivity contribution in [2.24, 2.45) is 5.92 Å². The molecule has 0 aromatic rings. The number of rotatable bonds is 6. The fraction of sp³-hybridized carbons (Fsp3) is 0.923. The largest absolute Gasteiger partial charge is 0.466 e. The Morgan fingerprint density at radius 2 is 2.29 bits per heavy atom. The third-order valence-corrected chi connectivity index (χ3v) is 4.46. The number of thioether (sulfide) groups is 1. The minimum Gasteiger partial charge on any atom is -0.466 e. The summed E-state index contributed by atoms with van der Waals surface area (Å²) in [4.78, 5) is 11.5. The Kier molecular flexibility index (Phi) is 6.97. The molecule has 0 heterocycles. The zero-order valence-electron chi connectivity index (χ0n) is 11.2. The van der Waals surface area contributed by atoms with Crippen LogP contribution in [0.1, 0.15) is 39.5 Å². The Morgan fingerprint density at radius 1 is 1.53 bits per heavy atom. The summed E-state index contributed by atoms with van der Waals surface area (Å²) in [5.74, 6) is -0.123. The van der Waals surface area contributed by atoms with E-state index in [-0.39, 0.29) is 11.9 Å². The van der Waals surface area contributed by atoms with Gasteiger partial charge in [0.1, 0.15) is 0 Å². The Balaban J connectivity index is 2.23. The zero-order valence-corrected chi connectivity index (χ0v) is 12.0. The molecule has 3 nitrogen and oxygen atoms in total. The second-order valence-corrected chi connectivity index (χ2v) is 5.92. The highest BCUT2D eigenvalue weighted by molar-refractivity contribution is 7.99. The number of ether oxygens (including phenoxy) is 1. The van der Waals surface area contributed by atoms with E-state index in [4.69, 9.17) is 4.74 Å². The molecule has 100 valence electrons. The summed E-state index contributed by atoms with van der Waals surface area (Å²) >= 11 is 1.97. The van der Waals surface area contributed by atoms with Crippen LogP contribution in [0.15, 0.2) is 0 Å². The number of carbonyl (C=O) groups is 1. The van der Waals surface area contributed by atoms with Crippen LogP contribution in [0.4, 0.5) is 0 Å². The topological polar surface area (TPSA) is 38.3 Å². The highest BCUT2D eigenvalue weighted by Gasteiger charge is 2.22. The quantitative estimate of drug-likeness (QED) is 0.744. The SMILES string of the molecule is CCOC(=O)C(C)CNC1CCCC(SC)C1. The molecule has 1 fully saturated rings. The fourth-order valence-electron chi connectivity index (χ4n) is 2.26. The van der Waals surface area contributed by atoms with Gasteiger partial charge in [-0.15, -0.1) is 0 Å². The van der Waals surface area contributed by atoms with Crippen molar-refractivity contribution in [3.8, 4) is 0 Å². The molecule has 0 aliphatic heterocycles. The predicted molar refractivity (Wildman–Crippen MR) is 73.4 cm³/mol. The minimum absolute atomic E-state index is 0.0374. The Bertz CT molecular complexity index is 235. The Morgan fingerprint density at radius 3 is 2.94 bits per heavy atom. The van der Waals surface area contributed by atoms with Gasteiger partial charge in [-0.05, 0) is 32.4 Å². The van der Waals surface area contributed by atoms with Gasteiger partial charge in [-0.25, -0.2) is 0 Å². The lowest BCUT2D eigenvalue weighted by atomic mass is 9.94. The van der Waals surface area contributed by atoms with Crippen molar-refractivity contribution in [2.75, 3.05) is 19.4 Å². The van der Waals surface area contributed by atoms with Gasteiger partial charge in [0.25, 0.3) is 0 Å². The fourth-order valence-corrected chi connectivity index (χ4v) is 3.08. The highest BCUT2D eigenvalue weighted by atomic mass is 32.2. The van der Waals surface area contributed by atoms with Gasteiger partial charge < -0.3 is 10.1 Å². The first-order valence-corrected chi connectivity index (χ1v) is 7.89. The lowest BCUT2D eigenvalue weighted by molar-refractivity contribution is -0.147. The van der Waals surface area contributed by atoms with Gasteiger partial charge in [0.2, 0.25) is 0 Å². The maximum absolute atomic E-state index is 11.5. The van der Waals surface area contributed by atoms with Gasteiger partial charge in [0.05, 0.1) is 12.5 Å². The third kappa shape index (κ3) is 5.30. The number of nitrogens with one attached hydrogen (secondary N) is 1. The summed E-state index contributed by atoms with van der Waals surface area (Å²) in [6, 6.07) is 0.582. The van der Waals surface area contributed by atoms with Gasteiger partial charge in [0.15, 0.2) is 0 Å². The summed E-state index contributed by atoms with van der Waals surface area (Å²) < 4.78 is 5.00. The highest BCUT2D eigenvalue weighted by Crippen LogP contribution is 2.26. The molecular formula is C13H25NO2S. The molecule has 1 N–H and O–H groups in total. The van der Waals surface area contributed by atoms with Crippen LogP contribution in [-0.4, -0.2) is 36.7 Å². The smallest absolute Gasteiger partial charge is 0.309 e. The Labute approximate surface area is 109 Å². The van der Waals surface area contributed by atoms with Crippen molar-refractivity contribution in [3.05, 3.63) is 0 Å². The van der Waals surface area contributed by atoms with Crippen molar-refractivity contribution in [1.29, 1.82) is 0 Å². The molecule has 1 aliphatic carbocycles. The predicted octanol–water partition coefficient (Wildman–Crippen LogP) is 2.45. The molecule has 0 amide bonds. The first-order valence-electron chi connectivity index (χ1n) is 6.60. The molecule has 3 atom stereocenters. The third-order valence-electron chi connectivity index (χ3n) is 3.36. The first kappa shape index (κ1) is 14.8. The summed E-state index contributed by atoms with van der Waals surface area (Å²) in [5, 5.41) is 4.30. The molecule has 3 unspecified atom stereocenters. The van der Waals surface area contributed by atoms with Crippen LogP contribution in [-0.2, 0) is 9.53 Å². The number of hydrogen-bond acceptors (Lipinski definition) is 4. The summed E-state index contributed by atoms with van der Waals surface area (Å²) in [7, 11) is 0. The van der Waals surface area contributed by atoms with Gasteiger partial charge >= 0.3 is 5.97 Å². The first-order chi connectivity index (χ1) is 8.17. The summed E-state index contributed by atoms with van der Waals surface area (Å²) in [6.07, 6.45) is 7.31. The van der Waals surface area contributed by atoms with Crippen LogP contribution in [0.2, 0.25) is 0 Å². The number of carbonyl (C=O) groups excluding carboxylic acids is 1.